The Kier molecular flexibility index (Phi) is 4.45. The maximum absolute atomic E-state index is 12.7. The molecule has 6 aliphatic rings. The first kappa shape index (κ1) is 19.1. The number of hydrogen-bond acceptors (Lipinski definition) is 5. The normalized spacial score (nSPS) is 35.3. The zero-order valence-corrected chi connectivity index (χ0v) is 18.4. The van der Waals surface area contributed by atoms with Crippen molar-refractivity contribution in [1.29, 1.82) is 0 Å². The van der Waals surface area contributed by atoms with Gasteiger partial charge in [0, 0.05) is 17.5 Å². The highest BCUT2D eigenvalue weighted by Crippen LogP contribution is 2.55. The number of thioether (sulfide) groups is 1. The van der Waals surface area contributed by atoms with Crippen molar-refractivity contribution >= 4 is 23.7 Å². The molecule has 7 rings (SSSR count). The quantitative estimate of drug-likeness (QED) is 0.672. The Morgan fingerprint density at radius 2 is 1.67 bits per heavy atom. The van der Waals surface area contributed by atoms with Gasteiger partial charge in [-0.25, -0.2) is 4.79 Å². The Hall–Kier alpha value is -1.57. The van der Waals surface area contributed by atoms with E-state index < -0.39 is 0 Å². The molecule has 30 heavy (non-hydrogen) atoms. The molecule has 2 N–H and O–H groups in total. The summed E-state index contributed by atoms with van der Waals surface area (Å²) >= 11 is 1.42. The standard InChI is InChI=1S/C22H31N5O2S/c1-12(30-21-26-25-18(16-2-3-16)27(21)17-4-5-17)19(28)23-20(29)24-22-9-13-6-14(10-22)8-15(7-13)11-22/h12-17H,2-11H2,1H3,(H2,23,24,28,29). The first-order valence-electron chi connectivity index (χ1n) is 11.7. The minimum absolute atomic E-state index is 0.0825. The van der Waals surface area contributed by atoms with Gasteiger partial charge in [-0.1, -0.05) is 11.8 Å². The molecule has 3 amide bonds. The van der Waals surface area contributed by atoms with E-state index in [4.69, 9.17) is 0 Å². The monoisotopic (exact) mass is 429 g/mol. The van der Waals surface area contributed by atoms with Gasteiger partial charge in [-0.05, 0) is 88.9 Å². The second kappa shape index (κ2) is 6.97. The van der Waals surface area contributed by atoms with Crippen LogP contribution in [0.2, 0.25) is 0 Å². The van der Waals surface area contributed by atoms with Crippen LogP contribution in [0.1, 0.15) is 88.9 Å². The number of hydrogen-bond donors (Lipinski definition) is 2. The molecule has 1 heterocycles. The highest BCUT2D eigenvalue weighted by atomic mass is 32.2. The van der Waals surface area contributed by atoms with Crippen LogP contribution in [0, 0.1) is 17.8 Å². The fraction of sp³-hybridized carbons (Fsp3) is 0.818. The molecule has 0 aliphatic heterocycles. The van der Waals surface area contributed by atoms with E-state index in [9.17, 15) is 9.59 Å². The summed E-state index contributed by atoms with van der Waals surface area (Å²) in [4.78, 5) is 25.4. The molecular formula is C22H31N5O2S. The van der Waals surface area contributed by atoms with Gasteiger partial charge in [0.25, 0.3) is 0 Å². The Bertz CT molecular complexity index is 840. The second-order valence-corrected chi connectivity index (χ2v) is 11.9. The van der Waals surface area contributed by atoms with Crippen molar-refractivity contribution < 1.29 is 9.59 Å². The van der Waals surface area contributed by atoms with Crippen molar-refractivity contribution in [3.05, 3.63) is 5.82 Å². The highest BCUT2D eigenvalue weighted by molar-refractivity contribution is 8.00. The maximum Gasteiger partial charge on any atom is 0.321 e. The third kappa shape index (κ3) is 3.55. The van der Waals surface area contributed by atoms with E-state index >= 15 is 0 Å². The Morgan fingerprint density at radius 1 is 1.03 bits per heavy atom. The predicted molar refractivity (Wildman–Crippen MR) is 113 cm³/mol. The summed E-state index contributed by atoms with van der Waals surface area (Å²) in [5.41, 5.74) is -0.0825. The van der Waals surface area contributed by atoms with Crippen LogP contribution in [0.25, 0.3) is 0 Å². The number of carbonyl (C=O) groups is 2. The lowest BCUT2D eigenvalue weighted by molar-refractivity contribution is -0.119. The Balaban J connectivity index is 1.08. The third-order valence-electron chi connectivity index (χ3n) is 7.85. The summed E-state index contributed by atoms with van der Waals surface area (Å²) in [6.07, 6.45) is 12.0. The molecule has 162 valence electrons. The lowest BCUT2D eigenvalue weighted by Crippen LogP contribution is -2.62. The lowest BCUT2D eigenvalue weighted by Gasteiger charge is -2.56. The van der Waals surface area contributed by atoms with Crippen LogP contribution >= 0.6 is 11.8 Å². The van der Waals surface area contributed by atoms with Crippen LogP contribution in [0.5, 0.6) is 0 Å². The maximum atomic E-state index is 12.7. The molecule has 4 bridgehead atoms. The van der Waals surface area contributed by atoms with E-state index in [1.807, 2.05) is 6.92 Å². The first-order chi connectivity index (χ1) is 14.5. The van der Waals surface area contributed by atoms with E-state index in [1.54, 1.807) is 0 Å². The average molecular weight is 430 g/mol. The van der Waals surface area contributed by atoms with Crippen molar-refractivity contribution in [1.82, 2.24) is 25.4 Å². The molecule has 1 aromatic heterocycles. The summed E-state index contributed by atoms with van der Waals surface area (Å²) in [5.74, 6) is 3.67. The van der Waals surface area contributed by atoms with Gasteiger partial charge in [0.05, 0.1) is 5.25 Å². The second-order valence-electron chi connectivity index (χ2n) is 10.6. The number of carbonyl (C=O) groups excluding carboxylic acids is 2. The van der Waals surface area contributed by atoms with Gasteiger partial charge in [-0.15, -0.1) is 10.2 Å². The van der Waals surface area contributed by atoms with Crippen molar-refractivity contribution in [3.8, 4) is 0 Å². The van der Waals surface area contributed by atoms with Gasteiger partial charge in [-0.2, -0.15) is 0 Å². The molecule has 6 aliphatic carbocycles. The largest absolute Gasteiger partial charge is 0.332 e. The van der Waals surface area contributed by atoms with Gasteiger partial charge in [0.1, 0.15) is 5.82 Å². The molecule has 6 fully saturated rings. The lowest BCUT2D eigenvalue weighted by atomic mass is 9.53. The average Bonchev–Trinajstić information content (AvgIpc) is 3.59. The predicted octanol–water partition coefficient (Wildman–Crippen LogP) is 3.77. The molecule has 1 aromatic rings. The van der Waals surface area contributed by atoms with E-state index in [0.29, 0.717) is 12.0 Å². The third-order valence-corrected chi connectivity index (χ3v) is 8.91. The van der Waals surface area contributed by atoms with Crippen molar-refractivity contribution in [2.45, 2.75) is 99.0 Å². The van der Waals surface area contributed by atoms with E-state index in [0.717, 1.165) is 48.0 Å². The molecule has 7 nitrogen and oxygen atoms in total. The number of rotatable bonds is 6. The number of nitrogens with one attached hydrogen (secondary N) is 2. The van der Waals surface area contributed by atoms with Crippen LogP contribution < -0.4 is 10.6 Å². The van der Waals surface area contributed by atoms with Crippen molar-refractivity contribution in [3.63, 3.8) is 0 Å². The summed E-state index contributed by atoms with van der Waals surface area (Å²) < 4.78 is 2.25. The van der Waals surface area contributed by atoms with Gasteiger partial charge in [-0.3, -0.25) is 10.1 Å². The minimum atomic E-state index is -0.388. The fourth-order valence-electron chi connectivity index (χ4n) is 6.63. The molecule has 0 aromatic carbocycles. The number of aromatic nitrogens is 3. The van der Waals surface area contributed by atoms with E-state index in [2.05, 4.69) is 25.4 Å². The van der Waals surface area contributed by atoms with Gasteiger partial charge in [0.15, 0.2) is 5.16 Å². The summed E-state index contributed by atoms with van der Waals surface area (Å²) in [7, 11) is 0. The minimum Gasteiger partial charge on any atom is -0.332 e. The molecular weight excluding hydrogens is 398 g/mol. The molecule has 0 saturated heterocycles. The number of nitrogens with zero attached hydrogens (tertiary/aromatic N) is 3. The molecule has 1 atom stereocenters. The SMILES string of the molecule is CC(Sc1nnc(C2CC2)n1C1CC1)C(=O)NC(=O)NC12CC3CC(CC(C3)C1)C2. The van der Waals surface area contributed by atoms with Crippen molar-refractivity contribution in [2.75, 3.05) is 0 Å². The highest BCUT2D eigenvalue weighted by Gasteiger charge is 2.51. The Morgan fingerprint density at radius 3 is 2.23 bits per heavy atom. The van der Waals surface area contributed by atoms with Gasteiger partial charge < -0.3 is 9.88 Å². The number of imide groups is 1. The first-order valence-corrected chi connectivity index (χ1v) is 12.6. The van der Waals surface area contributed by atoms with E-state index in [-0.39, 0.29) is 22.7 Å². The molecule has 0 spiro atoms. The summed E-state index contributed by atoms with van der Waals surface area (Å²) in [5, 5.41) is 15.1. The smallest absolute Gasteiger partial charge is 0.321 e. The number of urea groups is 1. The molecule has 1 unspecified atom stereocenters. The van der Waals surface area contributed by atoms with Gasteiger partial charge in [0.2, 0.25) is 5.91 Å². The van der Waals surface area contributed by atoms with Gasteiger partial charge >= 0.3 is 6.03 Å². The van der Waals surface area contributed by atoms with Crippen LogP contribution in [-0.4, -0.2) is 37.5 Å². The fourth-order valence-corrected chi connectivity index (χ4v) is 7.55. The van der Waals surface area contributed by atoms with Crippen LogP contribution in [0.4, 0.5) is 4.79 Å². The molecule has 8 heteroatoms. The van der Waals surface area contributed by atoms with Crippen LogP contribution in [0.3, 0.4) is 0 Å². The Labute approximate surface area is 181 Å². The van der Waals surface area contributed by atoms with Crippen LogP contribution in [0.15, 0.2) is 5.16 Å². The zero-order valence-electron chi connectivity index (χ0n) is 17.6. The number of amides is 3. The summed E-state index contributed by atoms with van der Waals surface area (Å²) in [6, 6.07) is 0.171. The van der Waals surface area contributed by atoms with Crippen LogP contribution in [-0.2, 0) is 4.79 Å². The van der Waals surface area contributed by atoms with Crippen molar-refractivity contribution in [2.24, 2.45) is 17.8 Å². The van der Waals surface area contributed by atoms with E-state index in [1.165, 1.54) is 56.7 Å². The zero-order chi connectivity index (χ0) is 20.5. The molecule has 0 radical (unpaired) electrons. The molecule has 6 saturated carbocycles. The topological polar surface area (TPSA) is 88.9 Å². The summed E-state index contributed by atoms with van der Waals surface area (Å²) in [6.45, 7) is 1.85.